The number of carbonyl (C=O) groups excluding carboxylic acids is 3. The number of benzene rings is 2. The first kappa shape index (κ1) is 18.5. The van der Waals surface area contributed by atoms with Crippen LogP contribution in [-0.2, 0) is 11.2 Å². The van der Waals surface area contributed by atoms with E-state index in [2.05, 4.69) is 10.7 Å². The van der Waals surface area contributed by atoms with Crippen molar-refractivity contribution >= 4 is 17.8 Å². The highest BCUT2D eigenvalue weighted by Crippen LogP contribution is 2.22. The van der Waals surface area contributed by atoms with Gasteiger partial charge in [0.2, 0.25) is 0 Å². The van der Waals surface area contributed by atoms with Gasteiger partial charge in [-0.2, -0.15) is 5.01 Å². The minimum Gasteiger partial charge on any atom is -0.322 e. The third kappa shape index (κ3) is 3.79. The van der Waals surface area contributed by atoms with Crippen LogP contribution in [0.5, 0.6) is 0 Å². The van der Waals surface area contributed by atoms with E-state index in [1.54, 1.807) is 6.92 Å². The molecule has 1 aliphatic rings. The molecule has 1 unspecified atom stereocenters. The minimum absolute atomic E-state index is 0.318. The first-order chi connectivity index (χ1) is 12.8. The lowest BCUT2D eigenvalue weighted by Gasteiger charge is -2.21. The Kier molecular flexibility index (Phi) is 4.89. The summed E-state index contributed by atoms with van der Waals surface area (Å²) in [6.45, 7) is 1.56. The van der Waals surface area contributed by atoms with E-state index in [9.17, 15) is 23.2 Å². The van der Waals surface area contributed by atoms with Gasteiger partial charge in [-0.1, -0.05) is 30.3 Å². The van der Waals surface area contributed by atoms with Crippen LogP contribution < -0.4 is 10.7 Å². The maximum absolute atomic E-state index is 13.7. The predicted octanol–water partition coefficient (Wildman–Crippen LogP) is 2.55. The minimum atomic E-state index is -1.21. The Bertz CT molecular complexity index is 904. The van der Waals surface area contributed by atoms with Gasteiger partial charge in [0.25, 0.3) is 11.8 Å². The summed E-state index contributed by atoms with van der Waals surface area (Å²) in [5, 5.41) is 3.07. The van der Waals surface area contributed by atoms with Gasteiger partial charge >= 0.3 is 6.03 Å². The molecular formula is C19H17F2N3O3. The van der Waals surface area contributed by atoms with Crippen molar-refractivity contribution in [1.29, 1.82) is 0 Å². The van der Waals surface area contributed by atoms with E-state index in [1.165, 1.54) is 0 Å². The first-order valence-electron chi connectivity index (χ1n) is 8.27. The molecule has 1 fully saturated rings. The Morgan fingerprint density at radius 2 is 1.85 bits per heavy atom. The van der Waals surface area contributed by atoms with Gasteiger partial charge in [-0.25, -0.2) is 13.6 Å². The maximum Gasteiger partial charge on any atom is 0.344 e. The molecule has 1 aliphatic heterocycles. The number of halogens is 2. The monoisotopic (exact) mass is 373 g/mol. The lowest BCUT2D eigenvalue weighted by Crippen LogP contribution is -2.49. The second kappa shape index (κ2) is 7.14. The quantitative estimate of drug-likeness (QED) is 0.791. The molecule has 2 N–H and O–H groups in total. The number of carbonyl (C=O) groups is 3. The van der Waals surface area contributed by atoms with E-state index in [0.717, 1.165) is 17.7 Å². The van der Waals surface area contributed by atoms with Crippen LogP contribution in [0.25, 0.3) is 0 Å². The fourth-order valence-corrected chi connectivity index (χ4v) is 2.83. The van der Waals surface area contributed by atoms with Crippen molar-refractivity contribution in [2.75, 3.05) is 0 Å². The first-order valence-corrected chi connectivity index (χ1v) is 8.27. The highest BCUT2D eigenvalue weighted by molar-refractivity contribution is 6.09. The summed E-state index contributed by atoms with van der Waals surface area (Å²) >= 11 is 0. The molecule has 4 amide bonds. The predicted molar refractivity (Wildman–Crippen MR) is 92.4 cm³/mol. The molecular weight excluding hydrogens is 356 g/mol. The van der Waals surface area contributed by atoms with Crippen molar-refractivity contribution in [1.82, 2.24) is 15.8 Å². The number of hydrazine groups is 1. The van der Waals surface area contributed by atoms with E-state index < -0.39 is 40.6 Å². The molecule has 1 saturated heterocycles. The molecule has 6 nitrogen and oxygen atoms in total. The zero-order valence-electron chi connectivity index (χ0n) is 14.5. The second-order valence-electron chi connectivity index (χ2n) is 6.45. The standard InChI is InChI=1S/C19H17F2N3O3/c1-19(10-9-12-5-3-2-4-6-12)17(26)24(18(27)22-19)23-16(25)14-8-7-13(20)11-15(14)21/h2-8,11H,9-10H2,1H3,(H,22,27)(H,23,25). The van der Waals surface area contributed by atoms with Crippen LogP contribution in [0.15, 0.2) is 48.5 Å². The van der Waals surface area contributed by atoms with Crippen molar-refractivity contribution in [3.63, 3.8) is 0 Å². The molecule has 0 aromatic heterocycles. The molecule has 0 radical (unpaired) electrons. The van der Waals surface area contributed by atoms with Gasteiger partial charge in [0.15, 0.2) is 0 Å². The molecule has 0 aliphatic carbocycles. The molecule has 0 saturated carbocycles. The van der Waals surface area contributed by atoms with Crippen LogP contribution in [0.4, 0.5) is 13.6 Å². The van der Waals surface area contributed by atoms with Crippen LogP contribution in [0, 0.1) is 11.6 Å². The summed E-state index contributed by atoms with van der Waals surface area (Å²) in [7, 11) is 0. The average molecular weight is 373 g/mol. The molecule has 8 heteroatoms. The molecule has 2 aromatic carbocycles. The fraction of sp³-hybridized carbons (Fsp3) is 0.211. The van der Waals surface area contributed by atoms with Gasteiger partial charge in [0.1, 0.15) is 17.2 Å². The van der Waals surface area contributed by atoms with E-state index in [1.807, 2.05) is 30.3 Å². The Labute approximate surface area is 154 Å². The van der Waals surface area contributed by atoms with Gasteiger partial charge in [-0.3, -0.25) is 15.0 Å². The fourth-order valence-electron chi connectivity index (χ4n) is 2.83. The van der Waals surface area contributed by atoms with E-state index >= 15 is 0 Å². The topological polar surface area (TPSA) is 78.5 Å². The van der Waals surface area contributed by atoms with Gasteiger partial charge in [0, 0.05) is 6.07 Å². The lowest BCUT2D eigenvalue weighted by atomic mass is 9.93. The molecule has 1 heterocycles. The number of aryl methyl sites for hydroxylation is 1. The molecule has 140 valence electrons. The molecule has 2 aromatic rings. The van der Waals surface area contributed by atoms with Gasteiger partial charge < -0.3 is 5.32 Å². The molecule has 3 rings (SSSR count). The smallest absolute Gasteiger partial charge is 0.322 e. The van der Waals surface area contributed by atoms with Crippen molar-refractivity contribution in [2.45, 2.75) is 25.3 Å². The zero-order chi connectivity index (χ0) is 19.6. The number of imide groups is 1. The number of hydrogen-bond donors (Lipinski definition) is 2. The SMILES string of the molecule is CC1(CCc2ccccc2)NC(=O)N(NC(=O)c2ccc(F)cc2F)C1=O. The number of hydrogen-bond acceptors (Lipinski definition) is 3. The molecule has 27 heavy (non-hydrogen) atoms. The largest absolute Gasteiger partial charge is 0.344 e. The van der Waals surface area contributed by atoms with Crippen LogP contribution in [-0.4, -0.2) is 28.4 Å². The molecule has 0 bridgehead atoms. The van der Waals surface area contributed by atoms with E-state index in [4.69, 9.17) is 0 Å². The molecule has 1 atom stereocenters. The second-order valence-corrected chi connectivity index (χ2v) is 6.45. The van der Waals surface area contributed by atoms with Gasteiger partial charge in [-0.05, 0) is 37.5 Å². The third-order valence-electron chi connectivity index (χ3n) is 4.41. The average Bonchev–Trinajstić information content (AvgIpc) is 2.84. The van der Waals surface area contributed by atoms with E-state index in [-0.39, 0.29) is 0 Å². The molecule has 0 spiro atoms. The van der Waals surface area contributed by atoms with Crippen molar-refractivity contribution in [3.8, 4) is 0 Å². The number of nitrogens with zero attached hydrogens (tertiary/aromatic N) is 1. The van der Waals surface area contributed by atoms with Crippen molar-refractivity contribution < 1.29 is 23.2 Å². The van der Waals surface area contributed by atoms with Gasteiger partial charge in [-0.15, -0.1) is 0 Å². The number of nitrogens with one attached hydrogen (secondary N) is 2. The lowest BCUT2D eigenvalue weighted by molar-refractivity contribution is -0.132. The van der Waals surface area contributed by atoms with Crippen molar-refractivity contribution in [3.05, 3.63) is 71.3 Å². The third-order valence-corrected chi connectivity index (χ3v) is 4.41. The Balaban J connectivity index is 1.70. The van der Waals surface area contributed by atoms with Gasteiger partial charge in [0.05, 0.1) is 5.56 Å². The highest BCUT2D eigenvalue weighted by atomic mass is 19.1. The summed E-state index contributed by atoms with van der Waals surface area (Å²) in [5.74, 6) is -3.61. The van der Waals surface area contributed by atoms with Crippen LogP contribution in [0.1, 0.15) is 29.3 Å². The summed E-state index contributed by atoms with van der Waals surface area (Å²) in [4.78, 5) is 36.9. The van der Waals surface area contributed by atoms with Crippen molar-refractivity contribution in [2.24, 2.45) is 0 Å². The summed E-state index contributed by atoms with van der Waals surface area (Å²) in [6, 6.07) is 11.0. The number of amides is 4. The van der Waals surface area contributed by atoms with Crippen LogP contribution in [0.2, 0.25) is 0 Å². The van der Waals surface area contributed by atoms with Crippen LogP contribution >= 0.6 is 0 Å². The maximum atomic E-state index is 13.7. The summed E-state index contributed by atoms with van der Waals surface area (Å²) in [6.07, 6.45) is 0.858. The van der Waals surface area contributed by atoms with E-state index in [0.29, 0.717) is 23.9 Å². The van der Waals surface area contributed by atoms with Crippen LogP contribution in [0.3, 0.4) is 0 Å². The normalized spacial score (nSPS) is 19.1. The number of urea groups is 1. The zero-order valence-corrected chi connectivity index (χ0v) is 14.5. The number of rotatable bonds is 5. The Morgan fingerprint density at radius 3 is 2.52 bits per heavy atom. The Morgan fingerprint density at radius 1 is 1.15 bits per heavy atom. The summed E-state index contributed by atoms with van der Waals surface area (Å²) < 4.78 is 26.7. The Hall–Kier alpha value is -3.29. The summed E-state index contributed by atoms with van der Waals surface area (Å²) in [5.41, 5.74) is 1.39. The highest BCUT2D eigenvalue weighted by Gasteiger charge is 2.48.